The van der Waals surface area contributed by atoms with Crippen LogP contribution in [0.15, 0.2) is 28.8 Å². The number of aliphatic hydroxyl groups is 1. The van der Waals surface area contributed by atoms with Gasteiger partial charge in [-0.15, -0.1) is 0 Å². The molecule has 2 aliphatic carbocycles. The van der Waals surface area contributed by atoms with Crippen LogP contribution in [-0.4, -0.2) is 40.6 Å². The third kappa shape index (κ3) is 4.81. The van der Waals surface area contributed by atoms with E-state index in [-0.39, 0.29) is 5.91 Å². The predicted molar refractivity (Wildman–Crippen MR) is 97.5 cm³/mol. The number of alkyl halides is 3. The number of unbranched alkanes of at least 4 members (excludes halogenated alkanes) is 2. The molecule has 0 aromatic rings. The standard InChI is InChI=1S/C20H27F3N2O2/c1-19(27)11-5-7-13(19)6-3-2-4-8-16-18(26)25-17-12-14(20(21,22)23)9-10-15(17)24-16/h9-10,12-13,15,17,27H,2-8,11H2,1H3,(H,25,26). The number of nitrogens with one attached hydrogen (secondary N) is 1. The lowest BCUT2D eigenvalue weighted by molar-refractivity contribution is -0.116. The summed E-state index contributed by atoms with van der Waals surface area (Å²) in [6.45, 7) is 1.92. The maximum Gasteiger partial charge on any atom is 0.416 e. The molecular weight excluding hydrogens is 357 g/mol. The van der Waals surface area contributed by atoms with E-state index in [2.05, 4.69) is 10.3 Å². The fraction of sp³-hybridized carbons (Fsp3) is 0.700. The Morgan fingerprint density at radius 3 is 2.78 bits per heavy atom. The lowest BCUT2D eigenvalue weighted by Gasteiger charge is -2.30. The molecule has 1 amide bonds. The van der Waals surface area contributed by atoms with Crippen LogP contribution in [0.25, 0.3) is 0 Å². The fourth-order valence-electron chi connectivity index (χ4n) is 4.30. The molecule has 0 aromatic carbocycles. The maximum absolute atomic E-state index is 12.8. The molecule has 1 fully saturated rings. The summed E-state index contributed by atoms with van der Waals surface area (Å²) < 4.78 is 38.4. The van der Waals surface area contributed by atoms with Crippen molar-refractivity contribution in [2.24, 2.45) is 10.9 Å². The summed E-state index contributed by atoms with van der Waals surface area (Å²) in [6.07, 6.45) is 6.37. The van der Waals surface area contributed by atoms with Gasteiger partial charge in [-0.05, 0) is 51.0 Å². The highest BCUT2D eigenvalue weighted by molar-refractivity contribution is 6.39. The summed E-state index contributed by atoms with van der Waals surface area (Å²) in [4.78, 5) is 16.5. The molecule has 4 nitrogen and oxygen atoms in total. The van der Waals surface area contributed by atoms with Crippen LogP contribution < -0.4 is 5.32 Å². The average Bonchev–Trinajstić information content (AvgIpc) is 2.92. The van der Waals surface area contributed by atoms with Gasteiger partial charge >= 0.3 is 6.18 Å². The van der Waals surface area contributed by atoms with Crippen LogP contribution in [-0.2, 0) is 4.79 Å². The van der Waals surface area contributed by atoms with E-state index in [4.69, 9.17) is 0 Å². The number of hydrogen-bond acceptors (Lipinski definition) is 3. The van der Waals surface area contributed by atoms with Gasteiger partial charge in [0.15, 0.2) is 0 Å². The zero-order valence-corrected chi connectivity index (χ0v) is 15.6. The van der Waals surface area contributed by atoms with Gasteiger partial charge in [0.05, 0.1) is 23.3 Å². The normalized spacial score (nSPS) is 33.4. The van der Waals surface area contributed by atoms with Gasteiger partial charge in [-0.3, -0.25) is 9.79 Å². The van der Waals surface area contributed by atoms with Crippen molar-refractivity contribution in [3.63, 3.8) is 0 Å². The first-order valence-corrected chi connectivity index (χ1v) is 9.74. The van der Waals surface area contributed by atoms with Gasteiger partial charge in [-0.2, -0.15) is 13.2 Å². The van der Waals surface area contributed by atoms with Crippen molar-refractivity contribution < 1.29 is 23.1 Å². The van der Waals surface area contributed by atoms with E-state index in [1.54, 1.807) is 0 Å². The third-order valence-corrected chi connectivity index (χ3v) is 5.97. The first-order valence-electron chi connectivity index (χ1n) is 9.74. The Kier molecular flexibility index (Phi) is 5.79. The van der Waals surface area contributed by atoms with Crippen LogP contribution in [0.2, 0.25) is 0 Å². The number of carbonyl (C=O) groups is 1. The zero-order valence-electron chi connectivity index (χ0n) is 15.6. The number of allylic oxidation sites excluding steroid dienone is 2. The number of nitrogens with zero attached hydrogens (tertiary/aromatic N) is 1. The van der Waals surface area contributed by atoms with E-state index >= 15 is 0 Å². The van der Waals surface area contributed by atoms with Gasteiger partial charge in [-0.1, -0.05) is 31.4 Å². The summed E-state index contributed by atoms with van der Waals surface area (Å²) in [5, 5.41) is 12.9. The Hall–Kier alpha value is -1.63. The van der Waals surface area contributed by atoms with Gasteiger partial charge < -0.3 is 10.4 Å². The van der Waals surface area contributed by atoms with Crippen LogP contribution in [0.3, 0.4) is 0 Å². The molecule has 27 heavy (non-hydrogen) atoms. The molecule has 2 N–H and O–H groups in total. The molecule has 0 bridgehead atoms. The Balaban J connectivity index is 1.46. The monoisotopic (exact) mass is 384 g/mol. The maximum atomic E-state index is 12.8. The van der Waals surface area contributed by atoms with Crippen molar-refractivity contribution in [3.05, 3.63) is 23.8 Å². The number of rotatable bonds is 6. The second-order valence-corrected chi connectivity index (χ2v) is 8.09. The van der Waals surface area contributed by atoms with E-state index in [9.17, 15) is 23.1 Å². The van der Waals surface area contributed by atoms with E-state index in [0.717, 1.165) is 57.1 Å². The second kappa shape index (κ2) is 7.78. The number of aliphatic imine (C=N–C) groups is 1. The molecule has 4 unspecified atom stereocenters. The van der Waals surface area contributed by atoms with Crippen LogP contribution in [0.4, 0.5) is 13.2 Å². The lowest BCUT2D eigenvalue weighted by atomic mass is 9.88. The zero-order chi connectivity index (χ0) is 19.7. The van der Waals surface area contributed by atoms with E-state index in [0.29, 0.717) is 18.1 Å². The fourth-order valence-corrected chi connectivity index (χ4v) is 4.30. The molecule has 0 radical (unpaired) electrons. The van der Waals surface area contributed by atoms with E-state index < -0.39 is 29.4 Å². The van der Waals surface area contributed by atoms with E-state index in [1.165, 1.54) is 6.08 Å². The molecule has 0 saturated heterocycles. The number of amides is 1. The highest BCUT2D eigenvalue weighted by atomic mass is 19.4. The molecule has 1 saturated carbocycles. The molecule has 1 heterocycles. The van der Waals surface area contributed by atoms with Crippen molar-refractivity contribution in [2.45, 2.75) is 82.2 Å². The van der Waals surface area contributed by atoms with Gasteiger partial charge in [0.25, 0.3) is 5.91 Å². The van der Waals surface area contributed by atoms with Gasteiger partial charge in [-0.25, -0.2) is 0 Å². The Bertz CT molecular complexity index is 665. The molecule has 7 heteroatoms. The molecule has 0 aromatic heterocycles. The first-order chi connectivity index (χ1) is 12.7. The number of carbonyl (C=O) groups excluding carboxylic acids is 1. The van der Waals surface area contributed by atoms with Crippen molar-refractivity contribution in [3.8, 4) is 0 Å². The van der Waals surface area contributed by atoms with Crippen molar-refractivity contribution in [2.75, 3.05) is 0 Å². The summed E-state index contributed by atoms with van der Waals surface area (Å²) in [6, 6.07) is -1.19. The number of hydrogen-bond donors (Lipinski definition) is 2. The highest BCUT2D eigenvalue weighted by Crippen LogP contribution is 2.38. The Morgan fingerprint density at radius 1 is 1.33 bits per heavy atom. The molecule has 150 valence electrons. The van der Waals surface area contributed by atoms with Crippen LogP contribution in [0.5, 0.6) is 0 Å². The molecular formula is C20H27F3N2O2. The largest absolute Gasteiger partial charge is 0.416 e. The quantitative estimate of drug-likeness (QED) is 0.683. The van der Waals surface area contributed by atoms with Crippen molar-refractivity contribution in [1.29, 1.82) is 0 Å². The van der Waals surface area contributed by atoms with Gasteiger partial charge in [0, 0.05) is 0 Å². The topological polar surface area (TPSA) is 61.7 Å². The molecule has 3 aliphatic rings. The summed E-state index contributed by atoms with van der Waals surface area (Å²) in [5.74, 6) is -0.0152. The second-order valence-electron chi connectivity index (χ2n) is 8.09. The highest BCUT2D eigenvalue weighted by Gasteiger charge is 2.38. The minimum absolute atomic E-state index is 0.357. The van der Waals surface area contributed by atoms with Crippen molar-refractivity contribution in [1.82, 2.24) is 5.32 Å². The molecule has 1 aliphatic heterocycles. The first kappa shape index (κ1) is 20.1. The third-order valence-electron chi connectivity index (χ3n) is 5.97. The van der Waals surface area contributed by atoms with E-state index in [1.807, 2.05) is 6.92 Å². The molecule has 4 atom stereocenters. The van der Waals surface area contributed by atoms with Crippen LogP contribution >= 0.6 is 0 Å². The number of halogens is 3. The van der Waals surface area contributed by atoms with Gasteiger partial charge in [0.1, 0.15) is 5.71 Å². The SMILES string of the molecule is CC1(O)CCCC1CCCCCC1=NC2C=CC(C(F)(F)F)=CC2NC1=O. The van der Waals surface area contributed by atoms with Gasteiger partial charge in [0.2, 0.25) is 0 Å². The summed E-state index contributed by atoms with van der Waals surface area (Å²) in [5.41, 5.74) is -0.874. The van der Waals surface area contributed by atoms with Crippen molar-refractivity contribution >= 4 is 11.6 Å². The smallest absolute Gasteiger partial charge is 0.390 e. The molecule has 3 rings (SSSR count). The average molecular weight is 384 g/mol. The Labute approximate surface area is 157 Å². The van der Waals surface area contributed by atoms with Crippen LogP contribution in [0.1, 0.15) is 58.3 Å². The summed E-state index contributed by atoms with van der Waals surface area (Å²) in [7, 11) is 0. The summed E-state index contributed by atoms with van der Waals surface area (Å²) >= 11 is 0. The Morgan fingerprint density at radius 2 is 2.11 bits per heavy atom. The predicted octanol–water partition coefficient (Wildman–Crippen LogP) is 3.85. The van der Waals surface area contributed by atoms with Crippen LogP contribution in [0, 0.1) is 5.92 Å². The lowest BCUT2D eigenvalue weighted by Crippen LogP contribution is -2.49. The minimum Gasteiger partial charge on any atom is -0.390 e. The molecule has 0 spiro atoms. The number of fused-ring (bicyclic) bond motifs is 1. The minimum atomic E-state index is -4.42.